The van der Waals surface area contributed by atoms with Gasteiger partial charge in [-0.3, -0.25) is 9.80 Å². The first-order chi connectivity index (χ1) is 19.6. The van der Waals surface area contributed by atoms with Gasteiger partial charge in [-0.05, 0) is 74.4 Å². The Hall–Kier alpha value is -1.72. The molecule has 4 heteroatoms. The molecule has 2 aromatic rings. The van der Waals surface area contributed by atoms with Gasteiger partial charge < -0.3 is 9.47 Å². The Morgan fingerprint density at radius 3 is 1.27 bits per heavy atom. The molecule has 0 bridgehead atoms. The minimum Gasteiger partial charge on any atom is -0.361 e. The molecule has 0 aliphatic heterocycles. The van der Waals surface area contributed by atoms with Crippen molar-refractivity contribution >= 4 is 0 Å². The summed E-state index contributed by atoms with van der Waals surface area (Å²) in [7, 11) is 4.32. The van der Waals surface area contributed by atoms with Crippen molar-refractivity contribution in [2.45, 2.75) is 117 Å². The van der Waals surface area contributed by atoms with Gasteiger partial charge in [0.2, 0.25) is 0 Å². The quantitative estimate of drug-likeness (QED) is 0.0904. The molecule has 226 valence electrons. The topological polar surface area (TPSA) is 24.9 Å². The zero-order valence-electron chi connectivity index (χ0n) is 26.5. The molecule has 0 saturated heterocycles. The summed E-state index contributed by atoms with van der Waals surface area (Å²) in [6.07, 6.45) is 18.9. The zero-order chi connectivity index (χ0) is 28.7. The second-order valence-corrected chi connectivity index (χ2v) is 11.8. The van der Waals surface area contributed by atoms with Crippen LogP contribution in [-0.4, -0.2) is 50.4 Å². The highest BCUT2D eigenvalue weighted by atomic mass is 16.5. The highest BCUT2D eigenvalue weighted by Gasteiger charge is 2.05. The predicted molar refractivity (Wildman–Crippen MR) is 172 cm³/mol. The van der Waals surface area contributed by atoms with Crippen molar-refractivity contribution < 1.29 is 9.47 Å². The number of hydrogen-bond donors (Lipinski definition) is 0. The van der Waals surface area contributed by atoms with E-state index in [0.717, 1.165) is 13.1 Å². The highest BCUT2D eigenvalue weighted by Crippen LogP contribution is 2.22. The molecule has 0 atom stereocenters. The third-order valence-electron chi connectivity index (χ3n) is 7.63. The normalized spacial score (nSPS) is 11.7. The summed E-state index contributed by atoms with van der Waals surface area (Å²) in [6.45, 7) is 9.41. The van der Waals surface area contributed by atoms with Gasteiger partial charge in [0.15, 0.2) is 0 Å². The van der Waals surface area contributed by atoms with Crippen LogP contribution in [0.5, 0.6) is 0 Å². The summed E-state index contributed by atoms with van der Waals surface area (Å²) in [5.41, 5.74) is 4.90. The van der Waals surface area contributed by atoms with Crippen molar-refractivity contribution in [1.82, 2.24) is 9.80 Å². The number of ether oxygens (including phenoxy) is 2. The van der Waals surface area contributed by atoms with Crippen LogP contribution < -0.4 is 0 Å². The maximum atomic E-state index is 6.04. The highest BCUT2D eigenvalue weighted by molar-refractivity contribution is 5.64. The fourth-order valence-electron chi connectivity index (χ4n) is 5.13. The van der Waals surface area contributed by atoms with Crippen LogP contribution in [0, 0.1) is 0 Å². The Kier molecular flexibility index (Phi) is 19.7. The van der Waals surface area contributed by atoms with Crippen LogP contribution in [-0.2, 0) is 22.7 Å². The standard InChI is InChI=1S/C36H60N2O2/c1-5-7-9-11-13-15-17-25-37(3)31-39-29-33-21-19-23-35(27-33)36-24-20-22-34(28-36)30-40-32-38(4)26-18-16-14-12-10-8-6-2/h19-24,27-28H,5-18,25-26,29-32H2,1-4H3. The summed E-state index contributed by atoms with van der Waals surface area (Å²) in [4.78, 5) is 4.59. The second-order valence-electron chi connectivity index (χ2n) is 11.8. The lowest BCUT2D eigenvalue weighted by Gasteiger charge is -2.17. The van der Waals surface area contributed by atoms with Gasteiger partial charge in [0.05, 0.1) is 26.7 Å². The van der Waals surface area contributed by atoms with Crippen molar-refractivity contribution in [3.63, 3.8) is 0 Å². The molecule has 0 heterocycles. The molecule has 0 spiro atoms. The van der Waals surface area contributed by atoms with Crippen LogP contribution in [0.15, 0.2) is 48.5 Å². The first-order valence-electron chi connectivity index (χ1n) is 16.3. The largest absolute Gasteiger partial charge is 0.361 e. The number of nitrogens with zero attached hydrogens (tertiary/aromatic N) is 2. The SMILES string of the molecule is CCCCCCCCCN(C)COCc1cccc(-c2cccc(COCN(C)CCCCCCCCC)c2)c1. The van der Waals surface area contributed by atoms with Crippen molar-refractivity contribution in [3.8, 4) is 11.1 Å². The molecule has 2 aromatic carbocycles. The van der Waals surface area contributed by atoms with Crippen LogP contribution in [0.4, 0.5) is 0 Å². The minimum absolute atomic E-state index is 0.642. The molecule has 4 nitrogen and oxygen atoms in total. The Morgan fingerprint density at radius 2 is 0.875 bits per heavy atom. The fraction of sp³-hybridized carbons (Fsp3) is 0.667. The lowest BCUT2D eigenvalue weighted by molar-refractivity contribution is 0.0315. The summed E-state index contributed by atoms with van der Waals surface area (Å²) >= 11 is 0. The summed E-state index contributed by atoms with van der Waals surface area (Å²) in [5.74, 6) is 0. The molecule has 0 unspecified atom stereocenters. The van der Waals surface area contributed by atoms with Gasteiger partial charge >= 0.3 is 0 Å². The molecular formula is C36H60N2O2. The van der Waals surface area contributed by atoms with E-state index in [0.29, 0.717) is 26.7 Å². The zero-order valence-corrected chi connectivity index (χ0v) is 26.5. The lowest BCUT2D eigenvalue weighted by Crippen LogP contribution is -2.22. The van der Waals surface area contributed by atoms with Gasteiger partial charge in [-0.25, -0.2) is 0 Å². The summed E-state index contributed by atoms with van der Waals surface area (Å²) in [5, 5.41) is 0. The molecule has 0 radical (unpaired) electrons. The molecule has 0 aromatic heterocycles. The first-order valence-corrected chi connectivity index (χ1v) is 16.3. The van der Waals surface area contributed by atoms with Crippen LogP contribution in [0.3, 0.4) is 0 Å². The number of benzene rings is 2. The third kappa shape index (κ3) is 16.5. The molecular weight excluding hydrogens is 492 g/mol. The van der Waals surface area contributed by atoms with Crippen molar-refractivity contribution in [2.75, 3.05) is 40.6 Å². The summed E-state index contributed by atoms with van der Waals surface area (Å²) in [6, 6.07) is 17.5. The van der Waals surface area contributed by atoms with Crippen LogP contribution in [0.1, 0.15) is 115 Å². The number of rotatable bonds is 25. The van der Waals surface area contributed by atoms with E-state index in [-0.39, 0.29) is 0 Å². The van der Waals surface area contributed by atoms with Gasteiger partial charge in [-0.2, -0.15) is 0 Å². The molecule has 0 aliphatic rings. The Balaban J connectivity index is 1.66. The van der Waals surface area contributed by atoms with E-state index in [1.807, 2.05) is 0 Å². The number of hydrogen-bond acceptors (Lipinski definition) is 4. The van der Waals surface area contributed by atoms with Gasteiger partial charge in [0.25, 0.3) is 0 Å². The van der Waals surface area contributed by atoms with E-state index < -0.39 is 0 Å². The second kappa shape index (κ2) is 22.9. The molecule has 0 fully saturated rings. The third-order valence-corrected chi connectivity index (χ3v) is 7.63. The smallest absolute Gasteiger partial charge is 0.0992 e. The average Bonchev–Trinajstić information content (AvgIpc) is 2.96. The van der Waals surface area contributed by atoms with Gasteiger partial charge in [0, 0.05) is 0 Å². The van der Waals surface area contributed by atoms with E-state index >= 15 is 0 Å². The Labute approximate surface area is 247 Å². The fourth-order valence-corrected chi connectivity index (χ4v) is 5.13. The van der Waals surface area contributed by atoms with Gasteiger partial charge in [-0.15, -0.1) is 0 Å². The van der Waals surface area contributed by atoms with Crippen molar-refractivity contribution in [3.05, 3.63) is 59.7 Å². The molecule has 0 amide bonds. The van der Waals surface area contributed by atoms with E-state index in [9.17, 15) is 0 Å². The molecule has 0 aliphatic carbocycles. The first kappa shape index (κ1) is 34.5. The van der Waals surface area contributed by atoms with Gasteiger partial charge in [-0.1, -0.05) is 127 Å². The number of unbranched alkanes of at least 4 members (excludes halogenated alkanes) is 12. The maximum Gasteiger partial charge on any atom is 0.0992 e. The van der Waals surface area contributed by atoms with Crippen LogP contribution >= 0.6 is 0 Å². The van der Waals surface area contributed by atoms with Crippen LogP contribution in [0.2, 0.25) is 0 Å². The Morgan fingerprint density at radius 1 is 0.500 bits per heavy atom. The lowest BCUT2D eigenvalue weighted by atomic mass is 10.0. The molecule has 2 rings (SSSR count). The molecule has 0 saturated carbocycles. The van der Waals surface area contributed by atoms with E-state index in [1.54, 1.807) is 0 Å². The molecule has 40 heavy (non-hydrogen) atoms. The average molecular weight is 553 g/mol. The predicted octanol–water partition coefficient (Wildman–Crippen LogP) is 9.67. The molecule has 0 N–H and O–H groups in total. The minimum atomic E-state index is 0.642. The van der Waals surface area contributed by atoms with E-state index in [4.69, 9.17) is 9.47 Å². The van der Waals surface area contributed by atoms with Crippen molar-refractivity contribution in [1.29, 1.82) is 0 Å². The monoisotopic (exact) mass is 552 g/mol. The summed E-state index contributed by atoms with van der Waals surface area (Å²) < 4.78 is 12.1. The maximum absolute atomic E-state index is 6.04. The van der Waals surface area contributed by atoms with Gasteiger partial charge in [0.1, 0.15) is 0 Å². The van der Waals surface area contributed by atoms with E-state index in [2.05, 4.69) is 86.3 Å². The van der Waals surface area contributed by atoms with E-state index in [1.165, 1.54) is 112 Å². The Bertz CT molecular complexity index is 800. The van der Waals surface area contributed by atoms with Crippen LogP contribution in [0.25, 0.3) is 11.1 Å². The van der Waals surface area contributed by atoms with Crippen molar-refractivity contribution in [2.24, 2.45) is 0 Å².